The molecule has 1 aliphatic heterocycles. The predicted octanol–water partition coefficient (Wildman–Crippen LogP) is 2.89. The summed E-state index contributed by atoms with van der Waals surface area (Å²) in [6.45, 7) is 3.57. The standard InChI is InChI=1S/C20H23N3O3S/c1-14(24)23(12-15-4-10-27-13-15)17-11-20(17)5-8-22(9-6-20)19(26)18-16(25)3-2-7-21-18/h2-4,7,10,13,17,25H,5-6,8-9,11-12H2,1H3/t17-/m1/s1. The molecule has 4 rings (SSSR count). The van der Waals surface area contributed by atoms with Gasteiger partial charge in [-0.1, -0.05) is 0 Å². The van der Waals surface area contributed by atoms with Gasteiger partial charge in [-0.25, -0.2) is 4.98 Å². The molecule has 0 radical (unpaired) electrons. The first-order valence-corrected chi connectivity index (χ1v) is 10.2. The molecule has 6 nitrogen and oxygen atoms in total. The van der Waals surface area contributed by atoms with Crippen molar-refractivity contribution < 1.29 is 14.7 Å². The number of carbonyl (C=O) groups is 2. The van der Waals surface area contributed by atoms with E-state index in [1.807, 2.05) is 10.3 Å². The molecule has 2 fully saturated rings. The van der Waals surface area contributed by atoms with Crippen molar-refractivity contribution in [2.45, 2.75) is 38.8 Å². The summed E-state index contributed by atoms with van der Waals surface area (Å²) in [7, 11) is 0. The van der Waals surface area contributed by atoms with Crippen molar-refractivity contribution in [2.24, 2.45) is 5.41 Å². The highest BCUT2D eigenvalue weighted by atomic mass is 32.1. The number of likely N-dealkylation sites (tertiary alicyclic amines) is 1. The maximum absolute atomic E-state index is 12.6. The highest BCUT2D eigenvalue weighted by Crippen LogP contribution is 2.57. The van der Waals surface area contributed by atoms with Crippen LogP contribution >= 0.6 is 11.3 Å². The topological polar surface area (TPSA) is 73.7 Å². The highest BCUT2D eigenvalue weighted by Gasteiger charge is 2.58. The minimum Gasteiger partial charge on any atom is -0.505 e. The SMILES string of the molecule is CC(=O)N(Cc1ccsc1)[C@@H]1CC12CCN(C(=O)c1ncccc1O)CC2. The van der Waals surface area contributed by atoms with Gasteiger partial charge in [-0.2, -0.15) is 11.3 Å². The third-order valence-electron chi connectivity index (χ3n) is 5.90. The van der Waals surface area contributed by atoms with E-state index in [0.29, 0.717) is 19.6 Å². The zero-order valence-corrected chi connectivity index (χ0v) is 16.1. The zero-order valence-electron chi connectivity index (χ0n) is 15.3. The Morgan fingerprint density at radius 3 is 2.78 bits per heavy atom. The Balaban J connectivity index is 1.40. The van der Waals surface area contributed by atoms with Gasteiger partial charge < -0.3 is 14.9 Å². The van der Waals surface area contributed by atoms with Crippen LogP contribution in [-0.4, -0.2) is 50.8 Å². The molecule has 1 saturated heterocycles. The Morgan fingerprint density at radius 1 is 1.37 bits per heavy atom. The highest BCUT2D eigenvalue weighted by molar-refractivity contribution is 7.07. The van der Waals surface area contributed by atoms with E-state index in [0.717, 1.165) is 19.3 Å². The average molecular weight is 385 g/mol. The summed E-state index contributed by atoms with van der Waals surface area (Å²) in [5.41, 5.74) is 1.42. The van der Waals surface area contributed by atoms with Gasteiger partial charge in [0.25, 0.3) is 5.91 Å². The maximum atomic E-state index is 12.6. The Morgan fingerprint density at radius 2 is 2.15 bits per heavy atom. The van der Waals surface area contributed by atoms with Crippen LogP contribution < -0.4 is 0 Å². The van der Waals surface area contributed by atoms with Crippen molar-refractivity contribution >= 4 is 23.2 Å². The number of pyridine rings is 1. The summed E-state index contributed by atoms with van der Waals surface area (Å²) in [5, 5.41) is 14.0. The van der Waals surface area contributed by atoms with E-state index in [9.17, 15) is 14.7 Å². The van der Waals surface area contributed by atoms with Gasteiger partial charge in [0, 0.05) is 38.8 Å². The monoisotopic (exact) mass is 385 g/mol. The maximum Gasteiger partial charge on any atom is 0.276 e. The lowest BCUT2D eigenvalue weighted by Crippen LogP contribution is -2.42. The minimum absolute atomic E-state index is 0.0781. The number of piperidine rings is 1. The van der Waals surface area contributed by atoms with Crippen LogP contribution in [-0.2, 0) is 11.3 Å². The number of thiophene rings is 1. The van der Waals surface area contributed by atoms with E-state index in [-0.39, 0.29) is 34.7 Å². The van der Waals surface area contributed by atoms with Crippen molar-refractivity contribution in [1.82, 2.24) is 14.8 Å². The summed E-state index contributed by atoms with van der Waals surface area (Å²) < 4.78 is 0. The van der Waals surface area contributed by atoms with Gasteiger partial charge in [0.1, 0.15) is 5.75 Å². The fourth-order valence-electron chi connectivity index (χ4n) is 4.19. The second kappa shape index (κ2) is 6.96. The summed E-state index contributed by atoms with van der Waals surface area (Å²) in [6, 6.07) is 5.42. The fraction of sp³-hybridized carbons (Fsp3) is 0.450. The molecule has 1 saturated carbocycles. The second-order valence-electron chi connectivity index (χ2n) is 7.52. The van der Waals surface area contributed by atoms with Gasteiger partial charge in [-0.3, -0.25) is 9.59 Å². The molecule has 0 bridgehead atoms. The van der Waals surface area contributed by atoms with E-state index in [4.69, 9.17) is 0 Å². The largest absolute Gasteiger partial charge is 0.505 e. The van der Waals surface area contributed by atoms with Crippen molar-refractivity contribution in [3.63, 3.8) is 0 Å². The molecule has 27 heavy (non-hydrogen) atoms. The minimum atomic E-state index is -0.221. The average Bonchev–Trinajstić information content (AvgIpc) is 3.09. The Hall–Kier alpha value is -2.41. The number of amides is 2. The molecule has 3 heterocycles. The molecule has 0 unspecified atom stereocenters. The summed E-state index contributed by atoms with van der Waals surface area (Å²) >= 11 is 1.65. The molecule has 2 amide bonds. The van der Waals surface area contributed by atoms with E-state index in [1.54, 1.807) is 29.2 Å². The Labute approximate surface area is 162 Å². The molecule has 1 spiro atoms. The second-order valence-corrected chi connectivity index (χ2v) is 8.30. The van der Waals surface area contributed by atoms with E-state index >= 15 is 0 Å². The first-order chi connectivity index (χ1) is 13.0. The van der Waals surface area contributed by atoms with Gasteiger partial charge >= 0.3 is 0 Å². The number of rotatable bonds is 4. The van der Waals surface area contributed by atoms with E-state index < -0.39 is 0 Å². The smallest absolute Gasteiger partial charge is 0.276 e. The Kier molecular flexibility index (Phi) is 4.63. The molecule has 142 valence electrons. The number of hydrogen-bond donors (Lipinski definition) is 1. The lowest BCUT2D eigenvalue weighted by Gasteiger charge is -2.34. The van der Waals surface area contributed by atoms with Gasteiger partial charge in [0.2, 0.25) is 5.91 Å². The number of hydrogen-bond acceptors (Lipinski definition) is 5. The van der Waals surface area contributed by atoms with Crippen molar-refractivity contribution in [3.05, 3.63) is 46.4 Å². The summed E-state index contributed by atoms with van der Waals surface area (Å²) in [6.07, 6.45) is 4.28. The first-order valence-electron chi connectivity index (χ1n) is 9.22. The molecule has 1 aliphatic carbocycles. The van der Waals surface area contributed by atoms with Crippen LogP contribution in [0.5, 0.6) is 5.75 Å². The van der Waals surface area contributed by atoms with Crippen LogP contribution in [0.1, 0.15) is 42.2 Å². The summed E-state index contributed by atoms with van der Waals surface area (Å²) in [4.78, 5) is 32.6. The predicted molar refractivity (Wildman–Crippen MR) is 102 cm³/mol. The molecule has 7 heteroatoms. The molecular formula is C20H23N3O3S. The molecular weight excluding hydrogens is 362 g/mol. The Bertz CT molecular complexity index is 844. The lowest BCUT2D eigenvalue weighted by atomic mass is 9.92. The van der Waals surface area contributed by atoms with Crippen LogP contribution in [0.3, 0.4) is 0 Å². The van der Waals surface area contributed by atoms with Gasteiger partial charge in [-0.15, -0.1) is 0 Å². The molecule has 1 atom stereocenters. The van der Waals surface area contributed by atoms with Crippen molar-refractivity contribution in [2.75, 3.05) is 13.1 Å². The zero-order chi connectivity index (χ0) is 19.0. The third-order valence-corrected chi connectivity index (χ3v) is 6.63. The van der Waals surface area contributed by atoms with Crippen LogP contribution in [0, 0.1) is 5.41 Å². The van der Waals surface area contributed by atoms with Gasteiger partial charge in [0.15, 0.2) is 5.69 Å². The third kappa shape index (κ3) is 3.43. The molecule has 2 aliphatic rings. The number of nitrogens with zero attached hydrogens (tertiary/aromatic N) is 3. The van der Waals surface area contributed by atoms with Gasteiger partial charge in [0.05, 0.1) is 0 Å². The summed E-state index contributed by atoms with van der Waals surface area (Å²) in [5.74, 6) is -0.188. The normalized spacial score (nSPS) is 20.5. The van der Waals surface area contributed by atoms with E-state index in [2.05, 4.69) is 16.4 Å². The molecule has 2 aromatic rings. The van der Waals surface area contributed by atoms with Crippen LogP contribution in [0.2, 0.25) is 0 Å². The number of aromatic nitrogens is 1. The molecule has 2 aromatic heterocycles. The fourth-order valence-corrected chi connectivity index (χ4v) is 4.85. The quantitative estimate of drug-likeness (QED) is 0.878. The van der Waals surface area contributed by atoms with Crippen molar-refractivity contribution in [3.8, 4) is 5.75 Å². The number of carbonyl (C=O) groups excluding carboxylic acids is 2. The first kappa shape index (κ1) is 18.0. The van der Waals surface area contributed by atoms with E-state index in [1.165, 1.54) is 17.8 Å². The van der Waals surface area contributed by atoms with Gasteiger partial charge in [-0.05, 0) is 59.2 Å². The molecule has 0 aromatic carbocycles. The van der Waals surface area contributed by atoms with Crippen LogP contribution in [0.25, 0.3) is 0 Å². The molecule has 1 N–H and O–H groups in total. The van der Waals surface area contributed by atoms with Crippen molar-refractivity contribution in [1.29, 1.82) is 0 Å². The lowest BCUT2D eigenvalue weighted by molar-refractivity contribution is -0.130. The van der Waals surface area contributed by atoms with Crippen LogP contribution in [0.4, 0.5) is 0 Å². The van der Waals surface area contributed by atoms with Crippen LogP contribution in [0.15, 0.2) is 35.2 Å². The number of aromatic hydroxyl groups is 1.